The van der Waals surface area contributed by atoms with Crippen molar-refractivity contribution in [3.05, 3.63) is 95.6 Å². The molecule has 0 aliphatic carbocycles. The van der Waals surface area contributed by atoms with Crippen LogP contribution in [0.2, 0.25) is 22.2 Å². The van der Waals surface area contributed by atoms with Crippen molar-refractivity contribution in [2.45, 2.75) is 205 Å². The zero-order valence-electron chi connectivity index (χ0n) is 50.8. The topological polar surface area (TPSA) is 250 Å². The quantitative estimate of drug-likeness (QED) is 0.0438. The van der Waals surface area contributed by atoms with Crippen molar-refractivity contribution in [1.29, 1.82) is 0 Å². The molecule has 3 aliphatic rings. The molecule has 0 N–H and O–H groups in total. The lowest BCUT2D eigenvalue weighted by Crippen LogP contribution is -2.69. The fourth-order valence-corrected chi connectivity index (χ4v) is 22.0. The molecule has 6 rings (SSSR count). The molecule has 24 heteroatoms. The van der Waals surface area contributed by atoms with Gasteiger partial charge >= 0.3 is 52.9 Å². The van der Waals surface area contributed by atoms with Crippen LogP contribution in [0.4, 0.5) is 0 Å². The second kappa shape index (κ2) is 30.0. The number of hydrogen-bond donors (Lipinski definition) is 0. The number of ether oxygens (including phenoxy) is 13. The van der Waals surface area contributed by atoms with Gasteiger partial charge in [-0.1, -0.05) is 110 Å². The first kappa shape index (κ1) is 67.3. The van der Waals surface area contributed by atoms with Gasteiger partial charge in [-0.25, -0.2) is 4.79 Å². The summed E-state index contributed by atoms with van der Waals surface area (Å²) in [6.07, 6.45) is -16.4. The van der Waals surface area contributed by atoms with E-state index in [0.717, 1.165) is 34.6 Å². The van der Waals surface area contributed by atoms with Crippen molar-refractivity contribution in [2.75, 3.05) is 27.4 Å². The number of methoxy groups -OCH3 is 2. The Morgan fingerprint density at radius 2 is 1.11 bits per heavy atom. The first-order chi connectivity index (χ1) is 39.8. The lowest BCUT2D eigenvalue weighted by molar-refractivity contribution is -0.374. The second-order valence-corrected chi connectivity index (χ2v) is 31.2. The summed E-state index contributed by atoms with van der Waals surface area (Å²) in [4.78, 5) is 80.6. The molecule has 464 valence electrons. The highest BCUT2D eigenvalue weighted by Crippen LogP contribution is 2.49. The van der Waals surface area contributed by atoms with Crippen LogP contribution >= 0.6 is 0 Å². The predicted octanol–water partition coefficient (Wildman–Crippen LogP) is 8.39. The van der Waals surface area contributed by atoms with Gasteiger partial charge in [0.05, 0.1) is 46.2 Å². The van der Waals surface area contributed by atoms with Crippen LogP contribution in [0.15, 0.2) is 78.9 Å². The van der Waals surface area contributed by atoms with Gasteiger partial charge in [0.2, 0.25) is 0 Å². The summed E-state index contributed by atoms with van der Waals surface area (Å²) in [7, 11) is -3.76. The van der Waals surface area contributed by atoms with Crippen molar-refractivity contribution >= 4 is 52.9 Å². The number of benzene rings is 3. The van der Waals surface area contributed by atoms with Gasteiger partial charge in [-0.3, -0.25) is 24.0 Å². The molecule has 0 radical (unpaired) electrons. The van der Waals surface area contributed by atoms with Crippen LogP contribution in [0.3, 0.4) is 0 Å². The minimum Gasteiger partial charge on any atom is -0.497 e. The minimum atomic E-state index is -3.56. The van der Waals surface area contributed by atoms with E-state index in [9.17, 15) is 24.0 Å². The van der Waals surface area contributed by atoms with Gasteiger partial charge < -0.3 is 74.5 Å². The molecule has 3 aromatic carbocycles. The van der Waals surface area contributed by atoms with Gasteiger partial charge in [0.15, 0.2) is 30.7 Å². The molecule has 0 amide bonds. The van der Waals surface area contributed by atoms with E-state index in [1.165, 1.54) is 0 Å². The summed E-state index contributed by atoms with van der Waals surface area (Å²) < 4.78 is 104. The minimum absolute atomic E-state index is 0.0945. The molecule has 3 fully saturated rings. The van der Waals surface area contributed by atoms with Gasteiger partial charge in [0, 0.05) is 41.0 Å². The third-order valence-electron chi connectivity index (χ3n) is 14.8. The molecule has 3 aliphatic heterocycles. The van der Waals surface area contributed by atoms with Gasteiger partial charge in [0.1, 0.15) is 43.0 Å². The summed E-state index contributed by atoms with van der Waals surface area (Å²) in [6.45, 7) is 20.6. The van der Waals surface area contributed by atoms with Gasteiger partial charge in [-0.2, -0.15) is 0 Å². The third-order valence-corrected chi connectivity index (χ3v) is 25.1. The summed E-state index contributed by atoms with van der Waals surface area (Å²) >= 11 is 0. The van der Waals surface area contributed by atoms with Crippen molar-refractivity contribution in [2.24, 2.45) is 0 Å². The van der Waals surface area contributed by atoms with Crippen LogP contribution in [0.5, 0.6) is 11.5 Å². The van der Waals surface area contributed by atoms with E-state index in [4.69, 9.17) is 74.5 Å². The highest BCUT2D eigenvalue weighted by atomic mass is 28.5. The number of esters is 6. The standard InChI is InChI=1S/C60H84O22Si2/c1-35(2)83(36(3)4)73-34-51(81-84(82-83,37(5)6)38(7)8)54-52(78-58-57(77-43(13)65)56(76-42(12)64)55(75-41(11)63)53(79-58)50(74-40(10)62)33-69-39(9)61)49(70-30-45-21-25-47(67-14)26-22-45)29-60(80-54,72-32-44-19-17-16-18-20-44)59(66)71-31-46-23-27-48(68-15)28-24-46/h16-28,35-38,49-58H,29-34H2,1-15H3/t49-,50+,51-,52-,53-,54-,55-,56+,57+,58+,60+/m1/s1. The summed E-state index contributed by atoms with van der Waals surface area (Å²) in [6, 6.07) is 23.2. The summed E-state index contributed by atoms with van der Waals surface area (Å²) in [5.74, 6) is -6.48. The van der Waals surface area contributed by atoms with E-state index >= 15 is 4.79 Å². The first-order valence-electron chi connectivity index (χ1n) is 28.3. The molecule has 3 saturated heterocycles. The molecule has 0 spiro atoms. The Balaban J connectivity index is 1.65. The smallest absolute Gasteiger partial charge is 0.367 e. The Hall–Kier alpha value is -5.81. The number of carbonyl (C=O) groups excluding carboxylic acids is 6. The van der Waals surface area contributed by atoms with E-state index in [0.29, 0.717) is 28.2 Å². The van der Waals surface area contributed by atoms with E-state index in [1.54, 1.807) is 62.8 Å². The zero-order chi connectivity index (χ0) is 61.7. The second-order valence-electron chi connectivity index (χ2n) is 22.3. The van der Waals surface area contributed by atoms with Gasteiger partial charge in [0.25, 0.3) is 5.79 Å². The van der Waals surface area contributed by atoms with Crippen molar-refractivity contribution in [3.63, 3.8) is 0 Å². The van der Waals surface area contributed by atoms with Crippen LogP contribution in [0.25, 0.3) is 0 Å². The van der Waals surface area contributed by atoms with Gasteiger partial charge in [-0.15, -0.1) is 0 Å². The van der Waals surface area contributed by atoms with Crippen molar-refractivity contribution < 1.29 is 103 Å². The molecule has 0 saturated carbocycles. The van der Waals surface area contributed by atoms with Crippen LogP contribution in [-0.4, -0.2) is 147 Å². The molecule has 0 aromatic heterocycles. The molecular formula is C60H84O22Si2. The predicted molar refractivity (Wildman–Crippen MR) is 304 cm³/mol. The molecular weight excluding hydrogens is 1130 g/mol. The summed E-state index contributed by atoms with van der Waals surface area (Å²) in [5, 5.41) is 0. The number of rotatable bonds is 25. The monoisotopic (exact) mass is 1210 g/mol. The zero-order valence-corrected chi connectivity index (χ0v) is 52.8. The third kappa shape index (κ3) is 16.8. The van der Waals surface area contributed by atoms with Crippen molar-refractivity contribution in [1.82, 2.24) is 0 Å². The lowest BCUT2D eigenvalue weighted by Gasteiger charge is -2.52. The average Bonchev–Trinajstić information content (AvgIpc) is 2.63. The molecule has 3 aromatic rings. The normalized spacial score (nSPS) is 26.1. The Kier molecular flexibility index (Phi) is 24.1. The van der Waals surface area contributed by atoms with E-state index < -0.39 is 133 Å². The fourth-order valence-electron chi connectivity index (χ4n) is 10.8. The molecule has 3 heterocycles. The Labute approximate surface area is 494 Å². The Morgan fingerprint density at radius 1 is 0.583 bits per heavy atom. The molecule has 0 unspecified atom stereocenters. The largest absolute Gasteiger partial charge is 0.497 e. The Bertz CT molecular complexity index is 2640. The lowest BCUT2D eigenvalue weighted by atomic mass is 9.91. The SMILES string of the molecule is COc1ccc(COC(=O)[C@]2(OCc3ccccc3)C[C@@H](OCc3ccc(OC)cc3)[C@@H](O[C@H]3O[C@H]([C@H](COC(C)=O)OC(C)=O)[C@@H](OC(C)=O)[C@H](OC(C)=O)[C@@H]3OC(C)=O)[C@@H]([C@H]3CO[Si](C(C)C)(C(C)C)O[Si](C(C)C)(C(C)C)O3)O2)cc1. The van der Waals surface area contributed by atoms with E-state index in [2.05, 4.69) is 27.7 Å². The van der Waals surface area contributed by atoms with Crippen LogP contribution in [0, 0.1) is 0 Å². The maximum atomic E-state index is 15.6. The molecule has 84 heavy (non-hydrogen) atoms. The molecule has 22 nitrogen and oxygen atoms in total. The molecule has 0 bridgehead atoms. The fraction of sp³-hybridized carbons (Fsp3) is 0.600. The maximum Gasteiger partial charge on any atom is 0.367 e. The van der Waals surface area contributed by atoms with Crippen LogP contribution < -0.4 is 9.47 Å². The van der Waals surface area contributed by atoms with Gasteiger partial charge in [-0.05, 0) is 63.1 Å². The van der Waals surface area contributed by atoms with Crippen LogP contribution in [-0.2, 0) is 114 Å². The average molecular weight is 1210 g/mol. The first-order valence-corrected chi connectivity index (χ1v) is 32.3. The Morgan fingerprint density at radius 3 is 1.62 bits per heavy atom. The maximum absolute atomic E-state index is 15.6. The van der Waals surface area contributed by atoms with E-state index in [-0.39, 0.29) is 48.6 Å². The molecule has 11 atom stereocenters. The number of carbonyl (C=O) groups is 6. The summed E-state index contributed by atoms with van der Waals surface area (Å²) in [5.41, 5.74) is 1.34. The highest BCUT2D eigenvalue weighted by molar-refractivity contribution is 6.84. The van der Waals surface area contributed by atoms with Crippen molar-refractivity contribution in [3.8, 4) is 11.5 Å². The van der Waals surface area contributed by atoms with E-state index in [1.807, 2.05) is 58.0 Å². The highest BCUT2D eigenvalue weighted by Gasteiger charge is 2.65. The van der Waals surface area contributed by atoms with Crippen LogP contribution in [0.1, 0.15) is 113 Å². The number of hydrogen-bond acceptors (Lipinski definition) is 22.